The molecule has 0 aromatic carbocycles. The summed E-state index contributed by atoms with van der Waals surface area (Å²) in [5, 5.41) is 4.51. The van der Waals surface area contributed by atoms with Crippen molar-refractivity contribution in [1.82, 2.24) is 9.78 Å². The van der Waals surface area contributed by atoms with Crippen LogP contribution in [0.2, 0.25) is 0 Å². The molecule has 102 valence electrons. The molecule has 0 spiro atoms. The summed E-state index contributed by atoms with van der Waals surface area (Å²) in [5.41, 5.74) is 8.07. The number of ether oxygens (including phenoxy) is 1. The summed E-state index contributed by atoms with van der Waals surface area (Å²) in [5.74, 6) is 1.16. The molecule has 0 amide bonds. The first-order valence-corrected chi connectivity index (χ1v) is 6.69. The van der Waals surface area contributed by atoms with Gasteiger partial charge in [0.05, 0.1) is 24.4 Å². The fraction of sp³-hybridized carbons (Fsp3) is 0.769. The van der Waals surface area contributed by atoms with E-state index in [-0.39, 0.29) is 6.10 Å². The van der Waals surface area contributed by atoms with Gasteiger partial charge in [0.25, 0.3) is 0 Å². The summed E-state index contributed by atoms with van der Waals surface area (Å²) in [6.07, 6.45) is 1.33. The lowest BCUT2D eigenvalue weighted by Crippen LogP contribution is -2.49. The van der Waals surface area contributed by atoms with Gasteiger partial charge in [0.15, 0.2) is 0 Å². The highest BCUT2D eigenvalue weighted by Crippen LogP contribution is 2.28. The lowest BCUT2D eigenvalue weighted by molar-refractivity contribution is 0.0292. The lowest BCUT2D eigenvalue weighted by Gasteiger charge is -2.40. The summed E-state index contributed by atoms with van der Waals surface area (Å²) < 4.78 is 7.71. The van der Waals surface area contributed by atoms with Gasteiger partial charge in [-0.2, -0.15) is 5.10 Å². The highest BCUT2D eigenvalue weighted by atomic mass is 16.5. The van der Waals surface area contributed by atoms with Crippen molar-refractivity contribution in [2.75, 3.05) is 18.1 Å². The van der Waals surface area contributed by atoms with Crippen LogP contribution >= 0.6 is 0 Å². The highest BCUT2D eigenvalue weighted by Gasteiger charge is 2.29. The second-order valence-corrected chi connectivity index (χ2v) is 5.07. The largest absolute Gasteiger partial charge is 0.375 e. The number of aryl methyl sites for hydroxylation is 2. The van der Waals surface area contributed by atoms with E-state index in [0.717, 1.165) is 36.6 Å². The molecule has 1 aliphatic heterocycles. The Labute approximate surface area is 109 Å². The van der Waals surface area contributed by atoms with Gasteiger partial charge >= 0.3 is 0 Å². The Morgan fingerprint density at radius 1 is 1.50 bits per heavy atom. The third kappa shape index (κ3) is 2.24. The van der Waals surface area contributed by atoms with Gasteiger partial charge in [-0.1, -0.05) is 6.92 Å². The molecule has 18 heavy (non-hydrogen) atoms. The average Bonchev–Trinajstić information content (AvgIpc) is 2.63. The van der Waals surface area contributed by atoms with Gasteiger partial charge in [-0.3, -0.25) is 4.68 Å². The van der Waals surface area contributed by atoms with E-state index < -0.39 is 0 Å². The minimum Gasteiger partial charge on any atom is -0.375 e. The first-order chi connectivity index (χ1) is 8.58. The molecule has 2 atom stereocenters. The van der Waals surface area contributed by atoms with Crippen LogP contribution in [0.3, 0.4) is 0 Å². The first-order valence-electron chi connectivity index (χ1n) is 6.69. The van der Waals surface area contributed by atoms with E-state index >= 15 is 0 Å². The molecular weight excluding hydrogens is 228 g/mol. The standard InChI is InChI=1S/C13H24N4O/c1-5-11-8-18-9(2)7-17(11)13-12(6-14)10(3)15-16(13)4/h9,11H,5-8,14H2,1-4H3. The third-order valence-electron chi connectivity index (χ3n) is 3.73. The highest BCUT2D eigenvalue weighted by molar-refractivity contribution is 5.51. The van der Waals surface area contributed by atoms with Crippen LogP contribution in [0.1, 0.15) is 31.5 Å². The van der Waals surface area contributed by atoms with Crippen molar-refractivity contribution in [1.29, 1.82) is 0 Å². The second-order valence-electron chi connectivity index (χ2n) is 5.07. The van der Waals surface area contributed by atoms with Crippen LogP contribution in [0.25, 0.3) is 0 Å². The van der Waals surface area contributed by atoms with Crippen LogP contribution < -0.4 is 10.6 Å². The quantitative estimate of drug-likeness (QED) is 0.878. The molecule has 2 rings (SSSR count). The predicted molar refractivity (Wildman–Crippen MR) is 72.7 cm³/mol. The normalized spacial score (nSPS) is 24.6. The molecule has 2 N–H and O–H groups in total. The number of rotatable bonds is 3. The van der Waals surface area contributed by atoms with E-state index in [1.165, 1.54) is 0 Å². The van der Waals surface area contributed by atoms with Crippen LogP contribution in [0, 0.1) is 6.92 Å². The monoisotopic (exact) mass is 252 g/mol. The Kier molecular flexibility index (Phi) is 3.92. The number of aromatic nitrogens is 2. The minimum atomic E-state index is 0.258. The molecule has 1 aromatic rings. The maximum absolute atomic E-state index is 5.88. The summed E-state index contributed by atoms with van der Waals surface area (Å²) in [6, 6.07) is 0.418. The Morgan fingerprint density at radius 3 is 2.83 bits per heavy atom. The van der Waals surface area contributed by atoms with Crippen molar-refractivity contribution >= 4 is 5.82 Å². The molecule has 1 fully saturated rings. The number of morpholine rings is 1. The van der Waals surface area contributed by atoms with Gasteiger partial charge in [0, 0.05) is 25.7 Å². The molecule has 2 heterocycles. The van der Waals surface area contributed by atoms with E-state index in [1.807, 2.05) is 18.7 Å². The van der Waals surface area contributed by atoms with Crippen LogP contribution in [0.5, 0.6) is 0 Å². The summed E-state index contributed by atoms with van der Waals surface area (Å²) in [4.78, 5) is 2.41. The fourth-order valence-electron chi connectivity index (χ4n) is 2.73. The van der Waals surface area contributed by atoms with E-state index in [9.17, 15) is 0 Å². The lowest BCUT2D eigenvalue weighted by atomic mass is 10.1. The number of nitrogens with zero attached hydrogens (tertiary/aromatic N) is 3. The Hall–Kier alpha value is -1.07. The number of anilines is 1. The molecule has 1 saturated heterocycles. The van der Waals surface area contributed by atoms with Gasteiger partial charge < -0.3 is 15.4 Å². The summed E-state index contributed by atoms with van der Waals surface area (Å²) in [6.45, 7) is 8.57. The van der Waals surface area contributed by atoms with E-state index in [1.54, 1.807) is 0 Å². The van der Waals surface area contributed by atoms with E-state index in [4.69, 9.17) is 10.5 Å². The van der Waals surface area contributed by atoms with Crippen molar-refractivity contribution in [3.05, 3.63) is 11.3 Å². The SMILES string of the molecule is CCC1COC(C)CN1c1c(CN)c(C)nn1C. The molecule has 1 aromatic heterocycles. The van der Waals surface area contributed by atoms with Gasteiger partial charge in [0.1, 0.15) is 5.82 Å². The second kappa shape index (κ2) is 5.28. The number of hydrogen-bond donors (Lipinski definition) is 1. The molecular formula is C13H24N4O. The van der Waals surface area contributed by atoms with Crippen molar-refractivity contribution in [3.8, 4) is 0 Å². The Balaban J connectivity index is 2.38. The average molecular weight is 252 g/mol. The minimum absolute atomic E-state index is 0.258. The molecule has 2 unspecified atom stereocenters. The smallest absolute Gasteiger partial charge is 0.131 e. The number of nitrogens with two attached hydrogens (primary N) is 1. The predicted octanol–water partition coefficient (Wildman–Crippen LogP) is 1.19. The maximum atomic E-state index is 5.88. The van der Waals surface area contributed by atoms with Crippen molar-refractivity contribution in [2.45, 2.75) is 45.9 Å². The van der Waals surface area contributed by atoms with Gasteiger partial charge in [-0.25, -0.2) is 0 Å². The topological polar surface area (TPSA) is 56.3 Å². The number of hydrogen-bond acceptors (Lipinski definition) is 4. The summed E-state index contributed by atoms with van der Waals surface area (Å²) >= 11 is 0. The van der Waals surface area contributed by atoms with Crippen LogP contribution in [-0.2, 0) is 18.3 Å². The molecule has 5 nitrogen and oxygen atoms in total. The Morgan fingerprint density at radius 2 is 2.22 bits per heavy atom. The van der Waals surface area contributed by atoms with E-state index in [2.05, 4.69) is 23.8 Å². The van der Waals surface area contributed by atoms with Crippen molar-refractivity contribution in [3.63, 3.8) is 0 Å². The van der Waals surface area contributed by atoms with Gasteiger partial charge in [-0.05, 0) is 20.3 Å². The van der Waals surface area contributed by atoms with Crippen LogP contribution in [0.4, 0.5) is 5.82 Å². The molecule has 1 aliphatic rings. The molecule has 5 heteroatoms. The summed E-state index contributed by atoms with van der Waals surface area (Å²) in [7, 11) is 1.99. The van der Waals surface area contributed by atoms with Crippen LogP contribution in [-0.4, -0.2) is 35.1 Å². The van der Waals surface area contributed by atoms with Crippen molar-refractivity contribution in [2.24, 2.45) is 12.8 Å². The van der Waals surface area contributed by atoms with Crippen LogP contribution in [0.15, 0.2) is 0 Å². The van der Waals surface area contributed by atoms with Gasteiger partial charge in [-0.15, -0.1) is 0 Å². The molecule has 0 radical (unpaired) electrons. The van der Waals surface area contributed by atoms with Crippen molar-refractivity contribution < 1.29 is 4.74 Å². The molecule has 0 aliphatic carbocycles. The molecule has 0 bridgehead atoms. The zero-order valence-corrected chi connectivity index (χ0v) is 11.8. The Bertz CT molecular complexity index is 415. The fourth-order valence-corrected chi connectivity index (χ4v) is 2.73. The maximum Gasteiger partial charge on any atom is 0.131 e. The first kappa shape index (κ1) is 13.4. The zero-order valence-electron chi connectivity index (χ0n) is 11.8. The molecule has 0 saturated carbocycles. The van der Waals surface area contributed by atoms with E-state index in [0.29, 0.717) is 12.6 Å². The van der Waals surface area contributed by atoms with Gasteiger partial charge in [0.2, 0.25) is 0 Å². The third-order valence-corrected chi connectivity index (χ3v) is 3.73. The zero-order chi connectivity index (χ0) is 13.3.